The maximum Gasteiger partial charge on any atom is 0.165 e. The summed E-state index contributed by atoms with van der Waals surface area (Å²) in [6, 6.07) is 9.01. The van der Waals surface area contributed by atoms with Gasteiger partial charge in [0.25, 0.3) is 0 Å². The van der Waals surface area contributed by atoms with Crippen molar-refractivity contribution in [2.24, 2.45) is 5.92 Å². The molecule has 0 amide bonds. The molecule has 0 saturated heterocycles. The van der Waals surface area contributed by atoms with Crippen LogP contribution < -0.4 is 4.74 Å². The van der Waals surface area contributed by atoms with E-state index in [1.165, 1.54) is 0 Å². The first kappa shape index (κ1) is 30.0. The van der Waals surface area contributed by atoms with Gasteiger partial charge in [0.05, 0.1) is 12.7 Å². The van der Waals surface area contributed by atoms with E-state index in [1.54, 1.807) is 12.1 Å². The van der Waals surface area contributed by atoms with Crippen LogP contribution in [-0.2, 0) is 11.2 Å². The molecular formula is C34H47F3O2. The summed E-state index contributed by atoms with van der Waals surface area (Å²) in [5.74, 6) is -0.532. The van der Waals surface area contributed by atoms with Gasteiger partial charge < -0.3 is 9.47 Å². The zero-order chi connectivity index (χ0) is 27.6. The summed E-state index contributed by atoms with van der Waals surface area (Å²) in [4.78, 5) is 0. The van der Waals surface area contributed by atoms with Crippen LogP contribution in [0.1, 0.15) is 126 Å². The largest absolute Gasteiger partial charge is 0.491 e. The van der Waals surface area contributed by atoms with Gasteiger partial charge in [0, 0.05) is 6.61 Å². The average molecular weight is 545 g/mol. The fraction of sp³-hybridized carbons (Fsp3) is 0.647. The van der Waals surface area contributed by atoms with E-state index in [2.05, 4.69) is 13.8 Å². The lowest BCUT2D eigenvalue weighted by Gasteiger charge is -2.31. The number of aryl methyl sites for hydroxylation is 1. The van der Waals surface area contributed by atoms with E-state index < -0.39 is 11.6 Å². The van der Waals surface area contributed by atoms with Gasteiger partial charge in [-0.25, -0.2) is 13.2 Å². The first-order valence-electron chi connectivity index (χ1n) is 15.5. The fourth-order valence-electron chi connectivity index (χ4n) is 6.42. The number of benzene rings is 2. The molecule has 2 nitrogen and oxygen atoms in total. The molecule has 0 aliphatic heterocycles. The van der Waals surface area contributed by atoms with E-state index in [0.717, 1.165) is 102 Å². The second kappa shape index (κ2) is 15.1. The fourth-order valence-corrected chi connectivity index (χ4v) is 6.42. The Balaban J connectivity index is 1.25. The van der Waals surface area contributed by atoms with Crippen LogP contribution in [0.4, 0.5) is 13.2 Å². The first-order chi connectivity index (χ1) is 19.0. The molecule has 0 aromatic heterocycles. The molecular weight excluding hydrogens is 497 g/mol. The minimum atomic E-state index is -0.631. The second-order valence-corrected chi connectivity index (χ2v) is 11.8. The summed E-state index contributed by atoms with van der Waals surface area (Å²) in [7, 11) is 0. The van der Waals surface area contributed by atoms with Crippen LogP contribution in [-0.4, -0.2) is 19.3 Å². The van der Waals surface area contributed by atoms with Crippen molar-refractivity contribution < 1.29 is 22.6 Å². The average Bonchev–Trinajstić information content (AvgIpc) is 2.95. The molecule has 4 rings (SSSR count). The Morgan fingerprint density at radius 2 is 1.31 bits per heavy atom. The minimum absolute atomic E-state index is 0.0736. The molecule has 0 atom stereocenters. The highest BCUT2D eigenvalue weighted by atomic mass is 19.2. The van der Waals surface area contributed by atoms with Crippen molar-refractivity contribution in [1.29, 1.82) is 0 Å². The molecule has 2 saturated carbocycles. The van der Waals surface area contributed by atoms with Gasteiger partial charge in [-0.05, 0) is 124 Å². The van der Waals surface area contributed by atoms with E-state index in [4.69, 9.17) is 9.47 Å². The summed E-state index contributed by atoms with van der Waals surface area (Å²) < 4.78 is 56.4. The molecule has 0 N–H and O–H groups in total. The summed E-state index contributed by atoms with van der Waals surface area (Å²) in [5, 5.41) is 0. The Morgan fingerprint density at radius 3 is 1.90 bits per heavy atom. The van der Waals surface area contributed by atoms with Gasteiger partial charge in [0.2, 0.25) is 0 Å². The van der Waals surface area contributed by atoms with Crippen molar-refractivity contribution in [3.8, 4) is 5.75 Å². The number of hydrogen-bond acceptors (Lipinski definition) is 2. The smallest absolute Gasteiger partial charge is 0.165 e. The lowest BCUT2D eigenvalue weighted by molar-refractivity contribution is 0.0230. The normalized spacial score (nSPS) is 23.6. The van der Waals surface area contributed by atoms with Crippen LogP contribution in [0.25, 0.3) is 0 Å². The van der Waals surface area contributed by atoms with E-state index in [0.29, 0.717) is 29.4 Å². The lowest BCUT2D eigenvalue weighted by atomic mass is 9.76. The highest BCUT2D eigenvalue weighted by molar-refractivity contribution is 5.32. The maximum absolute atomic E-state index is 15.3. The van der Waals surface area contributed by atoms with Crippen LogP contribution in [0.15, 0.2) is 30.3 Å². The highest BCUT2D eigenvalue weighted by Gasteiger charge is 2.30. The predicted octanol–water partition coefficient (Wildman–Crippen LogP) is 10.0. The Morgan fingerprint density at radius 1 is 0.718 bits per heavy atom. The highest BCUT2D eigenvalue weighted by Crippen LogP contribution is 2.41. The van der Waals surface area contributed by atoms with Crippen molar-refractivity contribution >= 4 is 0 Å². The molecule has 0 bridgehead atoms. The second-order valence-electron chi connectivity index (χ2n) is 11.8. The van der Waals surface area contributed by atoms with E-state index in [1.807, 2.05) is 18.2 Å². The van der Waals surface area contributed by atoms with Gasteiger partial charge in [0.1, 0.15) is 0 Å². The van der Waals surface area contributed by atoms with Gasteiger partial charge >= 0.3 is 0 Å². The summed E-state index contributed by atoms with van der Waals surface area (Å²) in [6.45, 7) is 5.58. The summed E-state index contributed by atoms with van der Waals surface area (Å²) in [5.41, 5.74) is 2.08. The van der Waals surface area contributed by atoms with Crippen molar-refractivity contribution in [1.82, 2.24) is 0 Å². The number of unbranched alkanes of at least 4 members (excludes halogenated alkanes) is 2. The van der Waals surface area contributed by atoms with E-state index in [9.17, 15) is 4.39 Å². The van der Waals surface area contributed by atoms with Crippen LogP contribution in [0.5, 0.6) is 5.75 Å². The van der Waals surface area contributed by atoms with Crippen LogP contribution in [0.3, 0.4) is 0 Å². The van der Waals surface area contributed by atoms with Gasteiger partial charge in [-0.1, -0.05) is 44.9 Å². The molecule has 0 spiro atoms. The van der Waals surface area contributed by atoms with Crippen molar-refractivity contribution in [2.75, 3.05) is 13.2 Å². The number of hydrogen-bond donors (Lipinski definition) is 0. The molecule has 2 aromatic rings. The third-order valence-electron chi connectivity index (χ3n) is 8.99. The van der Waals surface area contributed by atoms with E-state index in [-0.39, 0.29) is 23.8 Å². The molecule has 0 unspecified atom stereocenters. The van der Waals surface area contributed by atoms with E-state index >= 15 is 8.78 Å². The molecule has 2 aromatic carbocycles. The summed E-state index contributed by atoms with van der Waals surface area (Å²) in [6.07, 6.45) is 13.5. The van der Waals surface area contributed by atoms with Gasteiger partial charge in [0.15, 0.2) is 23.2 Å². The third kappa shape index (κ3) is 8.25. The Labute approximate surface area is 233 Å². The zero-order valence-electron chi connectivity index (χ0n) is 24.0. The topological polar surface area (TPSA) is 18.5 Å². The maximum atomic E-state index is 15.3. The molecule has 2 aliphatic rings. The summed E-state index contributed by atoms with van der Waals surface area (Å²) >= 11 is 0. The SMILES string of the molecule is CCCCOc1ccc(CCC2CCC(c3ccc(C4CCC(OCCCC)CC4)c(F)c3F)CC2)cc1F. The van der Waals surface area contributed by atoms with Crippen LogP contribution in [0, 0.1) is 23.4 Å². The minimum Gasteiger partial charge on any atom is -0.491 e. The van der Waals surface area contributed by atoms with Crippen molar-refractivity contribution in [3.05, 3.63) is 64.5 Å². The molecule has 0 heterocycles. The number of ether oxygens (including phenoxy) is 2. The van der Waals surface area contributed by atoms with Crippen LogP contribution in [0.2, 0.25) is 0 Å². The van der Waals surface area contributed by atoms with Crippen molar-refractivity contribution in [3.63, 3.8) is 0 Å². The Bertz CT molecular complexity index is 1020. The molecule has 216 valence electrons. The zero-order valence-corrected chi connectivity index (χ0v) is 24.0. The monoisotopic (exact) mass is 544 g/mol. The molecule has 5 heteroatoms. The van der Waals surface area contributed by atoms with Gasteiger partial charge in [-0.2, -0.15) is 0 Å². The molecule has 39 heavy (non-hydrogen) atoms. The molecule has 2 fully saturated rings. The Kier molecular flexibility index (Phi) is 11.6. The standard InChI is InChI=1S/C34H47F3O2/c1-3-5-21-38-28-16-14-27(15-17-28)30-19-18-29(33(36)34(30)37)26-12-9-24(10-13-26)7-8-25-11-20-32(31(35)23-25)39-22-6-4-2/h11,18-20,23-24,26-28H,3-10,12-17,21-22H2,1-2H3. The number of halogens is 3. The molecule has 2 aliphatic carbocycles. The predicted molar refractivity (Wildman–Crippen MR) is 152 cm³/mol. The number of rotatable bonds is 13. The van der Waals surface area contributed by atoms with Crippen molar-refractivity contribution in [2.45, 2.75) is 122 Å². The molecule has 0 radical (unpaired) electrons. The third-order valence-corrected chi connectivity index (χ3v) is 8.99. The van der Waals surface area contributed by atoms with Gasteiger partial charge in [-0.3, -0.25) is 0 Å². The quantitative estimate of drug-likeness (QED) is 0.234. The first-order valence-corrected chi connectivity index (χ1v) is 15.5. The van der Waals surface area contributed by atoms with Crippen LogP contribution >= 0.6 is 0 Å². The van der Waals surface area contributed by atoms with Gasteiger partial charge in [-0.15, -0.1) is 0 Å². The Hall–Kier alpha value is -2.01. The lowest BCUT2D eigenvalue weighted by Crippen LogP contribution is -2.22.